The van der Waals surface area contributed by atoms with Gasteiger partial charge in [-0.3, -0.25) is 0 Å². The van der Waals surface area contributed by atoms with Gasteiger partial charge in [-0.1, -0.05) is 11.4 Å². The fourth-order valence-corrected chi connectivity index (χ4v) is 1.40. The van der Waals surface area contributed by atoms with Crippen LogP contribution in [0.5, 0.6) is 0 Å². The molecule has 0 amide bonds. The molecule has 0 aromatic carbocycles. The smallest absolute Gasteiger partial charge is 0.259 e. The fraction of sp³-hybridized carbons (Fsp3) is 0.667. The molecule has 56 valence electrons. The first-order chi connectivity index (χ1) is 4.91. The van der Waals surface area contributed by atoms with Gasteiger partial charge in [0, 0.05) is 13.2 Å². The highest BCUT2D eigenvalue weighted by molar-refractivity contribution is 6.41. The molecule has 4 radical (unpaired) electrons. The molecule has 10 heavy (non-hydrogen) atoms. The minimum atomic E-state index is 0.490. The summed E-state index contributed by atoms with van der Waals surface area (Å²) < 4.78 is 10.2. The van der Waals surface area contributed by atoms with Crippen LogP contribution < -0.4 is 0 Å². The molecule has 0 fully saturated rings. The van der Waals surface area contributed by atoms with Crippen LogP contribution in [0.2, 0.25) is 0 Å². The lowest BCUT2D eigenvalue weighted by atomic mass is 10.9. The maximum Gasteiger partial charge on any atom is 0.259 e. The maximum atomic E-state index is 5.10. The Bertz CT molecular complexity index is 75.8. The van der Waals surface area contributed by atoms with Gasteiger partial charge in [-0.05, 0) is 13.8 Å². The van der Waals surface area contributed by atoms with Crippen LogP contribution in [0.1, 0.15) is 13.8 Å². The summed E-state index contributed by atoms with van der Waals surface area (Å²) in [5.41, 5.74) is 4.02. The van der Waals surface area contributed by atoms with Gasteiger partial charge in [0.15, 0.2) is 0 Å². The summed E-state index contributed by atoms with van der Waals surface area (Å²) in [5, 5.41) is 0. The maximum absolute atomic E-state index is 5.10. The average molecular weight is 172 g/mol. The molecule has 0 heterocycles. The van der Waals surface area contributed by atoms with E-state index in [1.807, 2.05) is 25.2 Å². The van der Waals surface area contributed by atoms with E-state index < -0.39 is 0 Å². The summed E-state index contributed by atoms with van der Waals surface area (Å²) in [6, 6.07) is 0. The first kappa shape index (κ1) is 10.1. The third-order valence-electron chi connectivity index (χ3n) is 0.675. The van der Waals surface area contributed by atoms with E-state index in [1.165, 1.54) is 0 Å². The Labute approximate surface area is 67.5 Å². The van der Waals surface area contributed by atoms with E-state index in [2.05, 4.69) is 0 Å². The van der Waals surface area contributed by atoms with Crippen molar-refractivity contribution in [3.63, 3.8) is 0 Å². The van der Waals surface area contributed by atoms with Crippen LogP contribution in [0.25, 0.3) is 0 Å². The Morgan fingerprint density at radius 2 is 1.40 bits per heavy atom. The summed E-state index contributed by atoms with van der Waals surface area (Å²) >= 11 is 0. The van der Waals surface area contributed by atoms with Gasteiger partial charge in [0.1, 0.15) is 0 Å². The Balaban J connectivity index is 2.89. The molecule has 0 N–H and O–H groups in total. The van der Waals surface area contributed by atoms with Crippen molar-refractivity contribution in [3.8, 4) is 0 Å². The molecular formula is C6H12O2Si2. The van der Waals surface area contributed by atoms with E-state index in [4.69, 9.17) is 8.85 Å². The molecule has 0 aromatic rings. The molecule has 0 aliphatic heterocycles. The normalized spacial score (nSPS) is 11.0. The molecule has 4 heteroatoms. The monoisotopic (exact) mass is 172 g/mol. The van der Waals surface area contributed by atoms with Crippen LogP contribution in [0.4, 0.5) is 0 Å². The van der Waals surface area contributed by atoms with Gasteiger partial charge in [0.05, 0.1) is 0 Å². The average Bonchev–Trinajstić information content (AvgIpc) is 1.97. The Kier molecular flexibility index (Phi) is 9.18. The van der Waals surface area contributed by atoms with Crippen molar-refractivity contribution in [3.05, 3.63) is 11.4 Å². The predicted molar refractivity (Wildman–Crippen MR) is 43.9 cm³/mol. The zero-order chi connectivity index (χ0) is 7.66. The predicted octanol–water partition coefficient (Wildman–Crippen LogP) is 0.769. The lowest BCUT2D eigenvalue weighted by molar-refractivity contribution is 0.364. The van der Waals surface area contributed by atoms with Gasteiger partial charge in [0.25, 0.3) is 19.5 Å². The second kappa shape index (κ2) is 9.09. The zero-order valence-electron chi connectivity index (χ0n) is 6.39. The molecule has 0 saturated carbocycles. The highest BCUT2D eigenvalue weighted by Gasteiger charge is 1.82. The van der Waals surface area contributed by atoms with Crippen molar-refractivity contribution >= 4 is 19.5 Å². The van der Waals surface area contributed by atoms with Crippen LogP contribution in [0, 0.1) is 0 Å². The first-order valence-corrected chi connectivity index (χ1v) is 5.28. The van der Waals surface area contributed by atoms with Crippen molar-refractivity contribution < 1.29 is 8.85 Å². The molecule has 0 unspecified atom stereocenters. The van der Waals surface area contributed by atoms with Crippen molar-refractivity contribution in [2.45, 2.75) is 13.8 Å². The first-order valence-electron chi connectivity index (χ1n) is 3.31. The van der Waals surface area contributed by atoms with Crippen LogP contribution in [-0.2, 0) is 8.85 Å². The van der Waals surface area contributed by atoms with Gasteiger partial charge in [-0.2, -0.15) is 0 Å². The van der Waals surface area contributed by atoms with Crippen LogP contribution in [0.15, 0.2) is 11.4 Å². The van der Waals surface area contributed by atoms with E-state index in [0.717, 1.165) is 13.2 Å². The summed E-state index contributed by atoms with van der Waals surface area (Å²) in [4.78, 5) is 0. The highest BCUT2D eigenvalue weighted by Crippen LogP contribution is 1.74. The zero-order valence-corrected chi connectivity index (χ0v) is 8.39. The number of rotatable bonds is 6. The van der Waals surface area contributed by atoms with Gasteiger partial charge in [-0.15, -0.1) is 0 Å². The summed E-state index contributed by atoms with van der Waals surface area (Å²) in [7, 11) is 0.980. The van der Waals surface area contributed by atoms with Crippen molar-refractivity contribution in [2.75, 3.05) is 13.2 Å². The molecule has 0 aliphatic carbocycles. The van der Waals surface area contributed by atoms with Crippen molar-refractivity contribution in [1.29, 1.82) is 0 Å². The lowest BCUT2D eigenvalue weighted by Crippen LogP contribution is -1.97. The second-order valence-corrected chi connectivity index (χ2v) is 3.15. The van der Waals surface area contributed by atoms with Crippen LogP contribution in [-0.4, -0.2) is 32.7 Å². The largest absolute Gasteiger partial charge is 0.412 e. The van der Waals surface area contributed by atoms with E-state index in [1.54, 1.807) is 0 Å². The van der Waals surface area contributed by atoms with Gasteiger partial charge in [0.2, 0.25) is 0 Å². The second-order valence-electron chi connectivity index (χ2n) is 1.44. The van der Waals surface area contributed by atoms with Crippen LogP contribution >= 0.6 is 0 Å². The quantitative estimate of drug-likeness (QED) is 0.435. The van der Waals surface area contributed by atoms with Crippen molar-refractivity contribution in [1.82, 2.24) is 0 Å². The van der Waals surface area contributed by atoms with Crippen LogP contribution in [0.3, 0.4) is 0 Å². The third kappa shape index (κ3) is 8.09. The minimum Gasteiger partial charge on any atom is -0.412 e. The summed E-state index contributed by atoms with van der Waals surface area (Å²) in [6.45, 7) is 5.57. The molecule has 0 saturated heterocycles. The lowest BCUT2D eigenvalue weighted by Gasteiger charge is -1.91. The van der Waals surface area contributed by atoms with E-state index >= 15 is 0 Å². The third-order valence-corrected chi connectivity index (χ3v) is 2.52. The van der Waals surface area contributed by atoms with Gasteiger partial charge < -0.3 is 8.85 Å². The van der Waals surface area contributed by atoms with Gasteiger partial charge >= 0.3 is 0 Å². The van der Waals surface area contributed by atoms with E-state index in [-0.39, 0.29) is 0 Å². The fourth-order valence-electron chi connectivity index (χ4n) is 0.331. The molecular weight excluding hydrogens is 160 g/mol. The van der Waals surface area contributed by atoms with Crippen molar-refractivity contribution in [2.24, 2.45) is 0 Å². The highest BCUT2D eigenvalue weighted by atomic mass is 28.2. The standard InChI is InChI=1S/C6H12O2Si2/c1-3-7-9-5-6-10-8-4-2/h5-6H,3-4H2,1-2H3. The number of hydrogen-bond acceptors (Lipinski definition) is 2. The van der Waals surface area contributed by atoms with E-state index in [0.29, 0.717) is 19.5 Å². The molecule has 0 atom stereocenters. The summed E-state index contributed by atoms with van der Waals surface area (Å²) in [6.07, 6.45) is 0. The molecule has 0 rings (SSSR count). The minimum absolute atomic E-state index is 0.490. The Hall–Kier alpha value is 0.0938. The molecule has 0 spiro atoms. The molecule has 2 nitrogen and oxygen atoms in total. The molecule has 0 aliphatic rings. The number of hydrogen-bond donors (Lipinski definition) is 0. The SMILES string of the molecule is CCO[Si]C=C[Si]OCC. The van der Waals surface area contributed by atoms with Gasteiger partial charge in [-0.25, -0.2) is 0 Å². The molecule has 0 aromatic heterocycles. The Morgan fingerprint density at radius 3 is 1.70 bits per heavy atom. The topological polar surface area (TPSA) is 18.5 Å². The summed E-state index contributed by atoms with van der Waals surface area (Å²) in [5.74, 6) is 0. The van der Waals surface area contributed by atoms with E-state index in [9.17, 15) is 0 Å². The Morgan fingerprint density at radius 1 is 1.00 bits per heavy atom. The molecule has 0 bridgehead atoms.